The van der Waals surface area contributed by atoms with Crippen molar-refractivity contribution in [3.05, 3.63) is 40.8 Å². The van der Waals surface area contributed by atoms with E-state index in [1.807, 2.05) is 30.3 Å². The van der Waals surface area contributed by atoms with Crippen LogP contribution in [0.5, 0.6) is 5.75 Å². The van der Waals surface area contributed by atoms with Crippen LogP contribution in [0.4, 0.5) is 0 Å². The van der Waals surface area contributed by atoms with E-state index in [-0.39, 0.29) is 0 Å². The van der Waals surface area contributed by atoms with Gasteiger partial charge in [-0.05, 0) is 17.7 Å². The van der Waals surface area contributed by atoms with Gasteiger partial charge in [0.15, 0.2) is 0 Å². The summed E-state index contributed by atoms with van der Waals surface area (Å²) in [7, 11) is 0. The Morgan fingerprint density at radius 2 is 2.14 bits per heavy atom. The first-order chi connectivity index (χ1) is 6.83. The van der Waals surface area contributed by atoms with Crippen molar-refractivity contribution < 1.29 is 9.84 Å². The van der Waals surface area contributed by atoms with Crippen LogP contribution in [0, 0.1) is 0 Å². The first-order valence-electron chi connectivity index (χ1n) is 4.23. The van der Waals surface area contributed by atoms with E-state index < -0.39 is 6.23 Å². The summed E-state index contributed by atoms with van der Waals surface area (Å²) < 4.78 is 5.28. The second-order valence-corrected chi connectivity index (χ2v) is 2.64. The molecule has 0 heterocycles. The van der Waals surface area contributed by atoms with Gasteiger partial charge in [0, 0.05) is 11.3 Å². The molecule has 1 N–H and O–H groups in total. The molecule has 74 valence electrons. The Morgan fingerprint density at radius 1 is 1.43 bits per heavy atom. The second-order valence-electron chi connectivity index (χ2n) is 2.64. The Kier molecular flexibility index (Phi) is 4.34. The highest BCUT2D eigenvalue weighted by atomic mass is 16.5. The minimum atomic E-state index is -1.01. The van der Waals surface area contributed by atoms with Crippen LogP contribution in [0.1, 0.15) is 6.42 Å². The molecule has 0 spiro atoms. The summed E-state index contributed by atoms with van der Waals surface area (Å²) in [5.74, 6) is 0.737. The zero-order valence-electron chi connectivity index (χ0n) is 7.58. The van der Waals surface area contributed by atoms with Crippen molar-refractivity contribution in [1.82, 2.24) is 0 Å². The number of hydrogen-bond donors (Lipinski definition) is 1. The number of para-hydroxylation sites is 1. The Hall–Kier alpha value is -1.71. The molecule has 0 amide bonds. The van der Waals surface area contributed by atoms with Crippen molar-refractivity contribution in [3.8, 4) is 5.75 Å². The van der Waals surface area contributed by atoms with Crippen LogP contribution in [-0.4, -0.2) is 17.9 Å². The van der Waals surface area contributed by atoms with Crippen LogP contribution in [0.2, 0.25) is 0 Å². The molecule has 0 bridgehead atoms. The molecule has 0 aliphatic heterocycles. The van der Waals surface area contributed by atoms with E-state index in [2.05, 4.69) is 10.0 Å². The molecule has 1 aromatic rings. The molecule has 1 aromatic carbocycles. The zero-order chi connectivity index (χ0) is 10.2. The molecular formula is C9H11N3O2. The van der Waals surface area contributed by atoms with E-state index in [1.165, 1.54) is 0 Å². The van der Waals surface area contributed by atoms with Crippen LogP contribution in [-0.2, 0) is 0 Å². The smallest absolute Gasteiger partial charge is 0.136 e. The molecule has 1 atom stereocenters. The monoisotopic (exact) mass is 193 g/mol. The highest BCUT2D eigenvalue weighted by Gasteiger charge is 2.00. The topological polar surface area (TPSA) is 78.2 Å². The second kappa shape index (κ2) is 5.85. The van der Waals surface area contributed by atoms with Crippen molar-refractivity contribution >= 4 is 0 Å². The van der Waals surface area contributed by atoms with Crippen molar-refractivity contribution in [3.63, 3.8) is 0 Å². The largest absolute Gasteiger partial charge is 0.493 e. The van der Waals surface area contributed by atoms with Gasteiger partial charge in [-0.15, -0.1) is 0 Å². The summed E-state index contributed by atoms with van der Waals surface area (Å²) in [4.78, 5) is 2.48. The molecule has 0 radical (unpaired) electrons. The lowest BCUT2D eigenvalue weighted by molar-refractivity contribution is 0.145. The molecule has 0 aliphatic carbocycles. The Morgan fingerprint density at radius 3 is 2.79 bits per heavy atom. The molecule has 0 aliphatic rings. The molecule has 0 fully saturated rings. The van der Waals surface area contributed by atoms with Crippen LogP contribution >= 0.6 is 0 Å². The van der Waals surface area contributed by atoms with Gasteiger partial charge in [0.25, 0.3) is 0 Å². The standard InChI is InChI=1S/C9H11N3O2/c10-12-11-9(13)6-7-14-8-4-2-1-3-5-8/h1-5,9,13H,6-7H2. The van der Waals surface area contributed by atoms with Gasteiger partial charge < -0.3 is 9.84 Å². The average molecular weight is 193 g/mol. The van der Waals surface area contributed by atoms with Gasteiger partial charge in [0.05, 0.1) is 6.61 Å². The van der Waals surface area contributed by atoms with Gasteiger partial charge >= 0.3 is 0 Å². The third kappa shape index (κ3) is 3.80. The predicted octanol–water partition coefficient (Wildman–Crippen LogP) is 2.08. The molecule has 1 unspecified atom stereocenters. The highest BCUT2D eigenvalue weighted by Crippen LogP contribution is 2.08. The SMILES string of the molecule is [N-]=[N+]=NC(O)CCOc1ccccc1. The third-order valence-electron chi connectivity index (χ3n) is 1.57. The molecule has 5 heteroatoms. The lowest BCUT2D eigenvalue weighted by Gasteiger charge is -2.06. The molecule has 0 saturated carbocycles. The number of hydrogen-bond acceptors (Lipinski definition) is 3. The summed E-state index contributed by atoms with van der Waals surface area (Å²) >= 11 is 0. The number of rotatable bonds is 5. The quantitative estimate of drug-likeness (QED) is 0.441. The van der Waals surface area contributed by atoms with Crippen molar-refractivity contribution in [2.24, 2.45) is 5.11 Å². The minimum Gasteiger partial charge on any atom is -0.493 e. The van der Waals surface area contributed by atoms with Crippen molar-refractivity contribution in [1.29, 1.82) is 0 Å². The van der Waals surface area contributed by atoms with E-state index in [4.69, 9.17) is 15.4 Å². The lowest BCUT2D eigenvalue weighted by Crippen LogP contribution is -2.08. The van der Waals surface area contributed by atoms with Gasteiger partial charge in [-0.1, -0.05) is 23.3 Å². The Labute approximate surface area is 81.6 Å². The molecule has 0 saturated heterocycles. The summed E-state index contributed by atoms with van der Waals surface area (Å²) in [5, 5.41) is 12.1. The van der Waals surface area contributed by atoms with E-state index >= 15 is 0 Å². The lowest BCUT2D eigenvalue weighted by atomic mass is 10.3. The molecular weight excluding hydrogens is 182 g/mol. The first-order valence-corrected chi connectivity index (χ1v) is 4.23. The highest BCUT2D eigenvalue weighted by molar-refractivity contribution is 5.20. The fraction of sp³-hybridized carbons (Fsp3) is 0.333. The third-order valence-corrected chi connectivity index (χ3v) is 1.57. The van der Waals surface area contributed by atoms with Gasteiger partial charge in [-0.3, -0.25) is 0 Å². The van der Waals surface area contributed by atoms with Gasteiger partial charge in [-0.25, -0.2) is 0 Å². The fourth-order valence-electron chi connectivity index (χ4n) is 0.916. The number of aliphatic hydroxyl groups is 1. The van der Waals surface area contributed by atoms with Gasteiger partial charge in [0.1, 0.15) is 12.0 Å². The van der Waals surface area contributed by atoms with Crippen LogP contribution < -0.4 is 4.74 Å². The molecule has 1 rings (SSSR count). The number of nitrogens with zero attached hydrogens (tertiary/aromatic N) is 3. The molecule has 5 nitrogen and oxygen atoms in total. The van der Waals surface area contributed by atoms with Crippen molar-refractivity contribution in [2.45, 2.75) is 12.6 Å². The van der Waals surface area contributed by atoms with Crippen LogP contribution in [0.25, 0.3) is 10.4 Å². The Balaban J connectivity index is 2.25. The summed E-state index contributed by atoms with van der Waals surface area (Å²) in [6, 6.07) is 9.25. The number of azide groups is 1. The zero-order valence-corrected chi connectivity index (χ0v) is 7.58. The minimum absolute atomic E-state index is 0.291. The van der Waals surface area contributed by atoms with Crippen LogP contribution in [0.3, 0.4) is 0 Å². The summed E-state index contributed by atoms with van der Waals surface area (Å²) in [6.07, 6.45) is -0.720. The molecule has 14 heavy (non-hydrogen) atoms. The van der Waals surface area contributed by atoms with E-state index in [0.29, 0.717) is 13.0 Å². The van der Waals surface area contributed by atoms with E-state index in [0.717, 1.165) is 5.75 Å². The summed E-state index contributed by atoms with van der Waals surface area (Å²) in [6.45, 7) is 0.324. The van der Waals surface area contributed by atoms with Gasteiger partial charge in [-0.2, -0.15) is 0 Å². The maximum Gasteiger partial charge on any atom is 0.136 e. The van der Waals surface area contributed by atoms with Crippen molar-refractivity contribution in [2.75, 3.05) is 6.61 Å². The van der Waals surface area contributed by atoms with Gasteiger partial charge in [0.2, 0.25) is 0 Å². The Bertz CT molecular complexity index is 309. The predicted molar refractivity (Wildman–Crippen MR) is 51.7 cm³/mol. The van der Waals surface area contributed by atoms with Crippen LogP contribution in [0.15, 0.2) is 35.4 Å². The number of aliphatic hydroxyl groups excluding tert-OH is 1. The normalized spacial score (nSPS) is 11.5. The number of benzene rings is 1. The maximum absolute atomic E-state index is 9.03. The molecule has 0 aromatic heterocycles. The fourth-order valence-corrected chi connectivity index (χ4v) is 0.916. The maximum atomic E-state index is 9.03. The number of ether oxygens (including phenoxy) is 1. The van der Waals surface area contributed by atoms with E-state index in [9.17, 15) is 0 Å². The van der Waals surface area contributed by atoms with E-state index in [1.54, 1.807) is 0 Å². The summed E-state index contributed by atoms with van der Waals surface area (Å²) in [5.41, 5.74) is 8.01. The average Bonchev–Trinajstić information content (AvgIpc) is 2.20. The first kappa shape index (κ1) is 10.4.